The average Bonchev–Trinajstić information content (AvgIpc) is 2.38. The van der Waals surface area contributed by atoms with E-state index < -0.39 is 0 Å². The minimum Gasteiger partial charge on any atom is -0.381 e. The molecule has 0 unspecified atom stereocenters. The van der Waals surface area contributed by atoms with E-state index in [1.54, 1.807) is 12.1 Å². The van der Waals surface area contributed by atoms with Gasteiger partial charge in [-0.1, -0.05) is 31.2 Å². The van der Waals surface area contributed by atoms with Gasteiger partial charge in [0.1, 0.15) is 5.82 Å². The normalized spacial score (nSPS) is 10.2. The molecule has 0 spiro atoms. The number of nitrogens with one attached hydrogen (secondary N) is 1. The molecule has 17 heavy (non-hydrogen) atoms. The largest absolute Gasteiger partial charge is 0.381 e. The molecule has 2 aromatic carbocycles. The van der Waals surface area contributed by atoms with Crippen LogP contribution in [-0.2, 0) is 13.0 Å². The highest BCUT2D eigenvalue weighted by Crippen LogP contribution is 2.13. The molecule has 0 fully saturated rings. The van der Waals surface area contributed by atoms with Crippen LogP contribution in [0.2, 0.25) is 0 Å². The monoisotopic (exact) mass is 229 g/mol. The van der Waals surface area contributed by atoms with Gasteiger partial charge < -0.3 is 5.32 Å². The van der Waals surface area contributed by atoms with E-state index in [0.717, 1.165) is 18.7 Å². The predicted molar refractivity (Wildman–Crippen MR) is 69.5 cm³/mol. The Kier molecular flexibility index (Phi) is 3.76. The van der Waals surface area contributed by atoms with E-state index in [4.69, 9.17) is 0 Å². The molecule has 0 saturated carbocycles. The van der Waals surface area contributed by atoms with Crippen molar-refractivity contribution in [2.45, 2.75) is 19.9 Å². The van der Waals surface area contributed by atoms with Gasteiger partial charge in [-0.15, -0.1) is 0 Å². The molecule has 88 valence electrons. The van der Waals surface area contributed by atoms with Crippen molar-refractivity contribution in [1.29, 1.82) is 0 Å². The maximum absolute atomic E-state index is 12.7. The maximum Gasteiger partial charge on any atom is 0.123 e. The second-order valence-electron chi connectivity index (χ2n) is 3.98. The second-order valence-corrected chi connectivity index (χ2v) is 3.98. The molecule has 0 aliphatic rings. The zero-order valence-corrected chi connectivity index (χ0v) is 9.91. The van der Waals surface area contributed by atoms with E-state index in [1.165, 1.54) is 23.3 Å². The molecule has 0 aliphatic heterocycles. The van der Waals surface area contributed by atoms with Crippen molar-refractivity contribution in [2.75, 3.05) is 5.32 Å². The number of hydrogen-bond donors (Lipinski definition) is 1. The van der Waals surface area contributed by atoms with Crippen LogP contribution >= 0.6 is 0 Å². The molecule has 0 radical (unpaired) electrons. The van der Waals surface area contributed by atoms with Crippen molar-refractivity contribution < 1.29 is 4.39 Å². The van der Waals surface area contributed by atoms with Gasteiger partial charge >= 0.3 is 0 Å². The van der Waals surface area contributed by atoms with Crippen molar-refractivity contribution in [3.8, 4) is 0 Å². The molecule has 1 N–H and O–H groups in total. The van der Waals surface area contributed by atoms with E-state index in [1.807, 2.05) is 6.07 Å². The predicted octanol–water partition coefficient (Wildman–Crippen LogP) is 4.00. The number of halogens is 1. The molecule has 0 saturated heterocycles. The Bertz CT molecular complexity index is 477. The highest BCUT2D eigenvalue weighted by molar-refractivity contribution is 5.44. The molecular weight excluding hydrogens is 213 g/mol. The lowest BCUT2D eigenvalue weighted by Crippen LogP contribution is -2.02. The van der Waals surface area contributed by atoms with Gasteiger partial charge in [-0.25, -0.2) is 4.39 Å². The Balaban J connectivity index is 2.04. The van der Waals surface area contributed by atoms with Crippen LogP contribution in [0.1, 0.15) is 18.1 Å². The third-order valence-electron chi connectivity index (χ3n) is 2.83. The lowest BCUT2D eigenvalue weighted by molar-refractivity contribution is 0.628. The number of aryl methyl sites for hydroxylation is 1. The summed E-state index contributed by atoms with van der Waals surface area (Å²) in [5, 5.41) is 3.30. The summed E-state index contributed by atoms with van der Waals surface area (Å²) in [5.74, 6) is -0.204. The van der Waals surface area contributed by atoms with Gasteiger partial charge in [-0.2, -0.15) is 0 Å². The standard InChI is InChI=1S/C15H16FN/c1-2-12-5-3-4-6-13(12)11-17-15-9-7-14(16)8-10-15/h3-10,17H,2,11H2,1H3. The average molecular weight is 229 g/mol. The summed E-state index contributed by atoms with van der Waals surface area (Å²) in [7, 11) is 0. The molecule has 0 amide bonds. The molecule has 2 aromatic rings. The fraction of sp³-hybridized carbons (Fsp3) is 0.200. The fourth-order valence-electron chi connectivity index (χ4n) is 1.84. The van der Waals surface area contributed by atoms with Gasteiger partial charge in [0.15, 0.2) is 0 Å². The van der Waals surface area contributed by atoms with E-state index in [9.17, 15) is 4.39 Å². The summed E-state index contributed by atoms with van der Waals surface area (Å²) in [4.78, 5) is 0. The van der Waals surface area contributed by atoms with Crippen LogP contribution in [0.3, 0.4) is 0 Å². The van der Waals surface area contributed by atoms with E-state index >= 15 is 0 Å². The van der Waals surface area contributed by atoms with Gasteiger partial charge in [0.2, 0.25) is 0 Å². The topological polar surface area (TPSA) is 12.0 Å². The van der Waals surface area contributed by atoms with Crippen LogP contribution in [0, 0.1) is 5.82 Å². The molecule has 0 aliphatic carbocycles. The van der Waals surface area contributed by atoms with Gasteiger partial charge in [0, 0.05) is 12.2 Å². The quantitative estimate of drug-likeness (QED) is 0.835. The Hall–Kier alpha value is -1.83. The maximum atomic E-state index is 12.7. The first-order valence-electron chi connectivity index (χ1n) is 5.86. The number of anilines is 1. The first kappa shape index (κ1) is 11.6. The Morgan fingerprint density at radius 1 is 0.941 bits per heavy atom. The van der Waals surface area contributed by atoms with Crippen molar-refractivity contribution in [3.63, 3.8) is 0 Å². The lowest BCUT2D eigenvalue weighted by Gasteiger charge is -2.10. The molecule has 0 atom stereocenters. The molecular formula is C15H16FN. The Morgan fingerprint density at radius 3 is 2.24 bits per heavy atom. The third-order valence-corrected chi connectivity index (χ3v) is 2.83. The number of benzene rings is 2. The van der Waals surface area contributed by atoms with Crippen LogP contribution in [0.4, 0.5) is 10.1 Å². The van der Waals surface area contributed by atoms with Crippen LogP contribution < -0.4 is 5.32 Å². The summed E-state index contributed by atoms with van der Waals surface area (Å²) >= 11 is 0. The third kappa shape index (κ3) is 3.06. The zero-order valence-electron chi connectivity index (χ0n) is 9.91. The zero-order chi connectivity index (χ0) is 12.1. The van der Waals surface area contributed by atoms with Gasteiger partial charge in [-0.3, -0.25) is 0 Å². The van der Waals surface area contributed by atoms with Crippen LogP contribution in [-0.4, -0.2) is 0 Å². The van der Waals surface area contributed by atoms with Gasteiger partial charge in [0.25, 0.3) is 0 Å². The van der Waals surface area contributed by atoms with Crippen molar-refractivity contribution in [2.24, 2.45) is 0 Å². The van der Waals surface area contributed by atoms with E-state index in [2.05, 4.69) is 30.4 Å². The molecule has 0 aromatic heterocycles. The Morgan fingerprint density at radius 2 is 1.59 bits per heavy atom. The Labute approximate surface area is 101 Å². The molecule has 0 heterocycles. The number of hydrogen-bond acceptors (Lipinski definition) is 1. The van der Waals surface area contributed by atoms with Crippen LogP contribution in [0.25, 0.3) is 0 Å². The van der Waals surface area contributed by atoms with Gasteiger partial charge in [-0.05, 0) is 41.8 Å². The molecule has 1 nitrogen and oxygen atoms in total. The highest BCUT2D eigenvalue weighted by atomic mass is 19.1. The van der Waals surface area contributed by atoms with Crippen LogP contribution in [0.15, 0.2) is 48.5 Å². The molecule has 0 bridgehead atoms. The summed E-state index contributed by atoms with van der Waals surface area (Å²) in [5.41, 5.74) is 3.58. The first-order valence-corrected chi connectivity index (χ1v) is 5.86. The van der Waals surface area contributed by atoms with Crippen molar-refractivity contribution >= 4 is 5.69 Å². The summed E-state index contributed by atoms with van der Waals surface area (Å²) in [6.07, 6.45) is 1.03. The fourth-order valence-corrected chi connectivity index (χ4v) is 1.84. The van der Waals surface area contributed by atoms with Crippen LogP contribution in [0.5, 0.6) is 0 Å². The molecule has 2 heteroatoms. The summed E-state index contributed by atoms with van der Waals surface area (Å²) in [6, 6.07) is 14.8. The SMILES string of the molecule is CCc1ccccc1CNc1ccc(F)cc1. The van der Waals surface area contributed by atoms with E-state index in [-0.39, 0.29) is 5.82 Å². The summed E-state index contributed by atoms with van der Waals surface area (Å²) < 4.78 is 12.7. The first-order chi connectivity index (χ1) is 8.29. The second kappa shape index (κ2) is 5.48. The van der Waals surface area contributed by atoms with Crippen molar-refractivity contribution in [1.82, 2.24) is 0 Å². The van der Waals surface area contributed by atoms with Gasteiger partial charge in [0.05, 0.1) is 0 Å². The highest BCUT2D eigenvalue weighted by Gasteiger charge is 1.99. The van der Waals surface area contributed by atoms with Crippen molar-refractivity contribution in [3.05, 3.63) is 65.5 Å². The minimum absolute atomic E-state index is 0.204. The smallest absolute Gasteiger partial charge is 0.123 e. The van der Waals surface area contributed by atoms with E-state index in [0.29, 0.717) is 0 Å². The lowest BCUT2D eigenvalue weighted by atomic mass is 10.1. The minimum atomic E-state index is -0.204. The molecule has 2 rings (SSSR count). The number of rotatable bonds is 4. The summed E-state index contributed by atoms with van der Waals surface area (Å²) in [6.45, 7) is 2.92.